The SMILES string of the molecule is CCCCOC(=O)C1=C(C)Nc2nnnn2[C@H]1c1ccc(SC)cc1. The standard InChI is InChI=1S/C17H21N5O2S/c1-4-5-10-24-16(23)14-11(2)18-17-19-20-21-22(17)15(14)12-6-8-13(25-3)9-7-12/h6-9,15H,4-5,10H2,1-3H3,(H,18,19,21)/t15-/m0/s1. The van der Waals surface area contributed by atoms with Gasteiger partial charge in [-0.25, -0.2) is 4.79 Å². The Hall–Kier alpha value is -2.35. The molecule has 1 aromatic carbocycles. The molecule has 1 aromatic heterocycles. The highest BCUT2D eigenvalue weighted by Gasteiger charge is 2.34. The lowest BCUT2D eigenvalue weighted by Gasteiger charge is -2.27. The molecular formula is C17H21N5O2S. The number of fused-ring (bicyclic) bond motifs is 1. The average molecular weight is 359 g/mol. The van der Waals surface area contributed by atoms with Crippen LogP contribution in [0, 0.1) is 0 Å². The number of hydrogen-bond acceptors (Lipinski definition) is 7. The highest BCUT2D eigenvalue weighted by molar-refractivity contribution is 7.98. The molecule has 0 spiro atoms. The molecule has 0 saturated heterocycles. The van der Waals surface area contributed by atoms with E-state index >= 15 is 0 Å². The van der Waals surface area contributed by atoms with E-state index in [0.717, 1.165) is 23.3 Å². The number of aromatic nitrogens is 4. The van der Waals surface area contributed by atoms with E-state index in [4.69, 9.17) is 4.74 Å². The fourth-order valence-corrected chi connectivity index (χ4v) is 3.17. The van der Waals surface area contributed by atoms with Crippen LogP contribution >= 0.6 is 11.8 Å². The highest BCUT2D eigenvalue weighted by atomic mass is 32.2. The quantitative estimate of drug-likeness (QED) is 0.482. The molecule has 0 saturated carbocycles. The van der Waals surface area contributed by atoms with Gasteiger partial charge in [-0.3, -0.25) is 0 Å². The molecule has 1 aliphatic heterocycles. The normalized spacial score (nSPS) is 16.4. The van der Waals surface area contributed by atoms with Gasteiger partial charge in [-0.1, -0.05) is 30.6 Å². The fourth-order valence-electron chi connectivity index (χ4n) is 2.76. The maximum absolute atomic E-state index is 12.7. The minimum atomic E-state index is -0.406. The Balaban J connectivity index is 1.99. The molecule has 0 amide bonds. The number of thioether (sulfide) groups is 1. The van der Waals surface area contributed by atoms with Crippen molar-refractivity contribution < 1.29 is 9.53 Å². The lowest BCUT2D eigenvalue weighted by Crippen LogP contribution is -2.29. The number of nitrogens with zero attached hydrogens (tertiary/aromatic N) is 4. The molecule has 7 nitrogen and oxygen atoms in total. The van der Waals surface area contributed by atoms with Gasteiger partial charge < -0.3 is 10.1 Å². The van der Waals surface area contributed by atoms with Gasteiger partial charge in [0.2, 0.25) is 5.95 Å². The molecule has 0 aliphatic carbocycles. The molecular weight excluding hydrogens is 338 g/mol. The van der Waals surface area contributed by atoms with Crippen molar-refractivity contribution in [2.75, 3.05) is 18.2 Å². The largest absolute Gasteiger partial charge is 0.462 e. The van der Waals surface area contributed by atoms with Crippen molar-refractivity contribution in [3.8, 4) is 0 Å². The predicted octanol–water partition coefficient (Wildman–Crippen LogP) is 3.03. The summed E-state index contributed by atoms with van der Waals surface area (Å²) >= 11 is 1.67. The average Bonchev–Trinajstić information content (AvgIpc) is 3.08. The first-order chi connectivity index (χ1) is 12.2. The van der Waals surface area contributed by atoms with Crippen LogP contribution in [-0.4, -0.2) is 39.0 Å². The molecule has 1 aliphatic rings. The van der Waals surface area contributed by atoms with Crippen LogP contribution in [0.4, 0.5) is 5.95 Å². The van der Waals surface area contributed by atoms with E-state index in [1.54, 1.807) is 16.4 Å². The third kappa shape index (κ3) is 3.53. The molecule has 2 aromatic rings. The molecule has 1 atom stereocenters. The van der Waals surface area contributed by atoms with Gasteiger partial charge >= 0.3 is 5.97 Å². The van der Waals surface area contributed by atoms with Crippen LogP contribution in [0.2, 0.25) is 0 Å². The molecule has 0 bridgehead atoms. The summed E-state index contributed by atoms with van der Waals surface area (Å²) < 4.78 is 7.08. The van der Waals surface area contributed by atoms with Crippen LogP contribution in [0.25, 0.3) is 0 Å². The van der Waals surface area contributed by atoms with Gasteiger partial charge in [0, 0.05) is 10.6 Å². The van der Waals surface area contributed by atoms with Gasteiger partial charge in [0.1, 0.15) is 6.04 Å². The Morgan fingerprint density at radius 1 is 1.36 bits per heavy atom. The Kier molecular flexibility index (Phi) is 5.37. The minimum Gasteiger partial charge on any atom is -0.462 e. The second-order valence-electron chi connectivity index (χ2n) is 5.78. The van der Waals surface area contributed by atoms with Gasteiger partial charge in [0.25, 0.3) is 0 Å². The van der Waals surface area contributed by atoms with Crippen molar-refractivity contribution in [2.45, 2.75) is 37.6 Å². The van der Waals surface area contributed by atoms with E-state index in [1.807, 2.05) is 37.4 Å². The van der Waals surface area contributed by atoms with Gasteiger partial charge in [0.15, 0.2) is 0 Å². The fraction of sp³-hybridized carbons (Fsp3) is 0.412. The molecule has 3 rings (SSSR count). The van der Waals surface area contributed by atoms with E-state index < -0.39 is 6.04 Å². The number of rotatable bonds is 6. The summed E-state index contributed by atoms with van der Waals surface area (Å²) in [5.41, 5.74) is 2.19. The number of anilines is 1. The van der Waals surface area contributed by atoms with Gasteiger partial charge in [-0.15, -0.1) is 11.8 Å². The monoisotopic (exact) mass is 359 g/mol. The maximum Gasteiger partial charge on any atom is 0.338 e. The van der Waals surface area contributed by atoms with Crippen molar-refractivity contribution in [3.63, 3.8) is 0 Å². The zero-order chi connectivity index (χ0) is 17.8. The lowest BCUT2D eigenvalue weighted by atomic mass is 9.96. The molecule has 132 valence electrons. The number of tetrazole rings is 1. The van der Waals surface area contributed by atoms with Crippen molar-refractivity contribution in [1.82, 2.24) is 20.2 Å². The third-order valence-corrected chi connectivity index (χ3v) is 4.84. The second kappa shape index (κ2) is 7.69. The number of hydrogen-bond donors (Lipinski definition) is 1. The summed E-state index contributed by atoms with van der Waals surface area (Å²) in [7, 11) is 0. The van der Waals surface area contributed by atoms with Crippen molar-refractivity contribution in [3.05, 3.63) is 41.1 Å². The summed E-state index contributed by atoms with van der Waals surface area (Å²) in [6.45, 7) is 4.31. The molecule has 8 heteroatoms. The number of nitrogens with one attached hydrogen (secondary N) is 1. The van der Waals surface area contributed by atoms with Gasteiger partial charge in [-0.05, 0) is 47.7 Å². The molecule has 0 unspecified atom stereocenters. The van der Waals surface area contributed by atoms with Gasteiger partial charge in [-0.2, -0.15) is 4.68 Å². The first-order valence-corrected chi connectivity index (χ1v) is 9.45. The number of esters is 1. The van der Waals surface area contributed by atoms with Crippen LogP contribution in [0.15, 0.2) is 40.4 Å². The summed E-state index contributed by atoms with van der Waals surface area (Å²) in [5, 5.41) is 14.9. The number of unbranched alkanes of at least 4 members (excludes halogenated alkanes) is 1. The Morgan fingerprint density at radius 3 is 2.80 bits per heavy atom. The summed E-state index contributed by atoms with van der Waals surface area (Å²) in [5.74, 6) is 0.181. The first kappa shape index (κ1) is 17.5. The number of ether oxygens (including phenoxy) is 1. The Labute approximate surface area is 150 Å². The summed E-state index contributed by atoms with van der Waals surface area (Å²) in [6.07, 6.45) is 3.84. The van der Waals surface area contributed by atoms with E-state index in [1.165, 1.54) is 0 Å². The molecule has 1 N–H and O–H groups in total. The zero-order valence-corrected chi connectivity index (χ0v) is 15.3. The number of benzene rings is 1. The summed E-state index contributed by atoms with van der Waals surface area (Å²) in [4.78, 5) is 13.9. The first-order valence-electron chi connectivity index (χ1n) is 8.22. The predicted molar refractivity (Wildman–Crippen MR) is 96.4 cm³/mol. The molecule has 25 heavy (non-hydrogen) atoms. The van der Waals surface area contributed by atoms with Gasteiger partial charge in [0.05, 0.1) is 12.2 Å². The number of carbonyl (C=O) groups is 1. The number of carbonyl (C=O) groups excluding carboxylic acids is 1. The smallest absolute Gasteiger partial charge is 0.338 e. The minimum absolute atomic E-state index is 0.335. The molecule has 0 fully saturated rings. The maximum atomic E-state index is 12.7. The Morgan fingerprint density at radius 2 is 2.12 bits per heavy atom. The van der Waals surface area contributed by atoms with E-state index in [2.05, 4.69) is 27.8 Å². The van der Waals surface area contributed by atoms with Crippen LogP contribution in [0.3, 0.4) is 0 Å². The van der Waals surface area contributed by atoms with Crippen LogP contribution in [0.1, 0.15) is 38.3 Å². The lowest BCUT2D eigenvalue weighted by molar-refractivity contribution is -0.139. The van der Waals surface area contributed by atoms with Crippen molar-refractivity contribution in [2.24, 2.45) is 0 Å². The van der Waals surface area contributed by atoms with Crippen LogP contribution in [0.5, 0.6) is 0 Å². The van der Waals surface area contributed by atoms with E-state index in [-0.39, 0.29) is 5.97 Å². The topological polar surface area (TPSA) is 81.9 Å². The van der Waals surface area contributed by atoms with E-state index in [9.17, 15) is 4.79 Å². The second-order valence-corrected chi connectivity index (χ2v) is 6.66. The highest BCUT2D eigenvalue weighted by Crippen LogP contribution is 2.35. The third-order valence-electron chi connectivity index (χ3n) is 4.10. The zero-order valence-electron chi connectivity index (χ0n) is 14.5. The number of allylic oxidation sites excluding steroid dienone is 1. The Bertz CT molecular complexity index is 785. The molecule has 2 heterocycles. The summed E-state index contributed by atoms with van der Waals surface area (Å²) in [6, 6.07) is 7.65. The van der Waals surface area contributed by atoms with Crippen molar-refractivity contribution >= 4 is 23.7 Å². The molecule has 0 radical (unpaired) electrons. The van der Waals surface area contributed by atoms with E-state index in [0.29, 0.717) is 23.8 Å². The van der Waals surface area contributed by atoms with Crippen molar-refractivity contribution in [1.29, 1.82) is 0 Å². The van der Waals surface area contributed by atoms with Crippen LogP contribution in [-0.2, 0) is 9.53 Å². The van der Waals surface area contributed by atoms with Crippen LogP contribution < -0.4 is 5.32 Å².